The van der Waals surface area contributed by atoms with Crippen molar-refractivity contribution < 1.29 is 17.7 Å². The number of benzene rings is 1. The van der Waals surface area contributed by atoms with Gasteiger partial charge in [-0.25, -0.2) is 13.4 Å². The van der Waals surface area contributed by atoms with E-state index in [0.717, 1.165) is 5.69 Å². The predicted molar refractivity (Wildman–Crippen MR) is 104 cm³/mol. The van der Waals surface area contributed by atoms with Crippen molar-refractivity contribution in [3.05, 3.63) is 60.0 Å². The summed E-state index contributed by atoms with van der Waals surface area (Å²) in [6.45, 7) is 4.29. The molecule has 0 unspecified atom stereocenters. The first-order valence-electron chi connectivity index (χ1n) is 9.18. The Morgan fingerprint density at radius 2 is 1.76 bits per heavy atom. The second-order valence-electron chi connectivity index (χ2n) is 6.87. The van der Waals surface area contributed by atoms with Crippen LogP contribution >= 0.6 is 0 Å². The highest BCUT2D eigenvalue weighted by molar-refractivity contribution is 7.89. The van der Waals surface area contributed by atoms with Crippen molar-refractivity contribution in [3.8, 4) is 5.69 Å². The minimum Gasteiger partial charge on any atom is -0.360 e. The van der Waals surface area contributed by atoms with Gasteiger partial charge >= 0.3 is 0 Å². The van der Waals surface area contributed by atoms with Gasteiger partial charge in [0.1, 0.15) is 10.6 Å². The topological polar surface area (TPSA) is 102 Å². The zero-order chi connectivity index (χ0) is 20.6. The summed E-state index contributed by atoms with van der Waals surface area (Å²) in [7, 11) is -3.69. The van der Waals surface area contributed by atoms with Gasteiger partial charge in [-0.2, -0.15) is 4.31 Å². The fourth-order valence-electron chi connectivity index (χ4n) is 3.47. The van der Waals surface area contributed by atoms with E-state index in [2.05, 4.69) is 10.1 Å². The summed E-state index contributed by atoms with van der Waals surface area (Å²) >= 11 is 0. The SMILES string of the molecule is Cc1noc(C)c1S(=O)(=O)N1CCN(C(=O)c2ccc(-n3ccnc3)cc2)CC1. The van der Waals surface area contributed by atoms with E-state index in [-0.39, 0.29) is 29.7 Å². The minimum atomic E-state index is -3.69. The van der Waals surface area contributed by atoms with Gasteiger partial charge in [-0.15, -0.1) is 0 Å². The van der Waals surface area contributed by atoms with Crippen LogP contribution < -0.4 is 0 Å². The molecule has 0 aliphatic carbocycles. The molecule has 29 heavy (non-hydrogen) atoms. The van der Waals surface area contributed by atoms with Crippen LogP contribution in [0.4, 0.5) is 0 Å². The fraction of sp³-hybridized carbons (Fsp3) is 0.316. The summed E-state index contributed by atoms with van der Waals surface area (Å²) in [5, 5.41) is 3.73. The summed E-state index contributed by atoms with van der Waals surface area (Å²) in [5.41, 5.74) is 1.82. The lowest BCUT2D eigenvalue weighted by Crippen LogP contribution is -2.50. The third kappa shape index (κ3) is 3.56. The third-order valence-corrected chi connectivity index (χ3v) is 7.15. The highest BCUT2D eigenvalue weighted by atomic mass is 32.2. The lowest BCUT2D eigenvalue weighted by molar-refractivity contribution is 0.0698. The molecule has 0 bridgehead atoms. The molecule has 3 heterocycles. The van der Waals surface area contributed by atoms with E-state index in [0.29, 0.717) is 24.3 Å². The molecule has 0 atom stereocenters. The van der Waals surface area contributed by atoms with E-state index < -0.39 is 10.0 Å². The van der Waals surface area contributed by atoms with E-state index in [1.807, 2.05) is 22.9 Å². The molecule has 3 aromatic rings. The van der Waals surface area contributed by atoms with E-state index in [1.54, 1.807) is 43.4 Å². The molecule has 0 radical (unpaired) electrons. The number of aryl methyl sites for hydroxylation is 2. The Kier molecular flexibility index (Phi) is 4.97. The number of hydrogen-bond acceptors (Lipinski definition) is 6. The van der Waals surface area contributed by atoms with Crippen LogP contribution in [-0.4, -0.2) is 64.4 Å². The molecule has 1 aliphatic rings. The number of aromatic nitrogens is 3. The first-order chi connectivity index (χ1) is 13.9. The van der Waals surface area contributed by atoms with Gasteiger partial charge in [0.2, 0.25) is 10.0 Å². The summed E-state index contributed by atoms with van der Waals surface area (Å²) in [5.74, 6) is 0.163. The van der Waals surface area contributed by atoms with Gasteiger partial charge in [0.25, 0.3) is 5.91 Å². The number of piperazine rings is 1. The van der Waals surface area contributed by atoms with E-state index in [4.69, 9.17) is 4.52 Å². The number of carbonyl (C=O) groups is 1. The van der Waals surface area contributed by atoms with Crippen molar-refractivity contribution in [2.24, 2.45) is 0 Å². The smallest absolute Gasteiger partial charge is 0.253 e. The number of amides is 1. The fourth-order valence-corrected chi connectivity index (χ4v) is 5.19. The Labute approximate surface area is 168 Å². The van der Waals surface area contributed by atoms with E-state index >= 15 is 0 Å². The highest BCUT2D eigenvalue weighted by Crippen LogP contribution is 2.24. The van der Waals surface area contributed by atoms with Crippen molar-refractivity contribution in [2.45, 2.75) is 18.7 Å². The van der Waals surface area contributed by atoms with Crippen molar-refractivity contribution >= 4 is 15.9 Å². The van der Waals surface area contributed by atoms with Gasteiger partial charge in [-0.3, -0.25) is 4.79 Å². The Morgan fingerprint density at radius 3 is 2.31 bits per heavy atom. The van der Waals surface area contributed by atoms with Crippen molar-refractivity contribution in [2.75, 3.05) is 26.2 Å². The van der Waals surface area contributed by atoms with Crippen LogP contribution in [0.15, 0.2) is 52.4 Å². The van der Waals surface area contributed by atoms with Crippen LogP contribution in [0.5, 0.6) is 0 Å². The van der Waals surface area contributed by atoms with Gasteiger partial charge < -0.3 is 14.0 Å². The Morgan fingerprint density at radius 1 is 1.07 bits per heavy atom. The second-order valence-corrected chi connectivity index (χ2v) is 8.74. The molecular formula is C19H21N5O4S. The molecule has 2 aromatic heterocycles. The molecule has 152 valence electrons. The van der Waals surface area contributed by atoms with E-state index in [9.17, 15) is 13.2 Å². The average Bonchev–Trinajstić information content (AvgIpc) is 3.38. The van der Waals surface area contributed by atoms with Gasteiger partial charge in [-0.1, -0.05) is 5.16 Å². The maximum absolute atomic E-state index is 12.9. The molecule has 1 saturated heterocycles. The molecule has 0 N–H and O–H groups in total. The molecule has 10 heteroatoms. The predicted octanol–water partition coefficient (Wildman–Crippen LogP) is 1.62. The number of carbonyl (C=O) groups excluding carboxylic acids is 1. The van der Waals surface area contributed by atoms with Crippen LogP contribution in [0.1, 0.15) is 21.8 Å². The molecule has 1 fully saturated rings. The largest absolute Gasteiger partial charge is 0.360 e. The minimum absolute atomic E-state index is 0.114. The molecule has 1 aliphatic heterocycles. The second kappa shape index (κ2) is 7.45. The molecule has 9 nitrogen and oxygen atoms in total. The number of rotatable bonds is 4. The molecule has 0 saturated carbocycles. The average molecular weight is 415 g/mol. The monoisotopic (exact) mass is 415 g/mol. The van der Waals surface area contributed by atoms with Crippen LogP contribution in [0.25, 0.3) is 5.69 Å². The van der Waals surface area contributed by atoms with Gasteiger partial charge in [0, 0.05) is 49.8 Å². The number of hydrogen-bond donors (Lipinski definition) is 0. The van der Waals surface area contributed by atoms with Gasteiger partial charge in [-0.05, 0) is 38.1 Å². The summed E-state index contributed by atoms with van der Waals surface area (Å²) in [4.78, 5) is 18.6. The first-order valence-corrected chi connectivity index (χ1v) is 10.6. The lowest BCUT2D eigenvalue weighted by Gasteiger charge is -2.34. The quantitative estimate of drug-likeness (QED) is 0.642. The zero-order valence-corrected chi connectivity index (χ0v) is 17.0. The van der Waals surface area contributed by atoms with Crippen LogP contribution in [0.3, 0.4) is 0 Å². The summed E-state index contributed by atoms with van der Waals surface area (Å²) in [6.07, 6.45) is 5.21. The van der Waals surface area contributed by atoms with Crippen molar-refractivity contribution in [1.82, 2.24) is 23.9 Å². The molecule has 1 amide bonds. The van der Waals surface area contributed by atoms with Crippen LogP contribution in [0.2, 0.25) is 0 Å². The third-order valence-electron chi connectivity index (χ3n) is 5.01. The van der Waals surface area contributed by atoms with Crippen LogP contribution in [-0.2, 0) is 10.0 Å². The maximum atomic E-state index is 12.9. The molecular weight excluding hydrogens is 394 g/mol. The Bertz CT molecular complexity index is 1090. The summed E-state index contributed by atoms with van der Waals surface area (Å²) < 4.78 is 34.0. The molecule has 1 aromatic carbocycles. The van der Waals surface area contributed by atoms with Gasteiger partial charge in [0.15, 0.2) is 5.76 Å². The molecule has 4 rings (SSSR count). The zero-order valence-electron chi connectivity index (χ0n) is 16.1. The number of imidazole rings is 1. The van der Waals surface area contributed by atoms with Crippen molar-refractivity contribution in [1.29, 1.82) is 0 Å². The highest BCUT2D eigenvalue weighted by Gasteiger charge is 2.34. The Hall–Kier alpha value is -2.98. The van der Waals surface area contributed by atoms with Gasteiger partial charge in [0.05, 0.1) is 6.33 Å². The maximum Gasteiger partial charge on any atom is 0.253 e. The Balaban J connectivity index is 1.43. The number of nitrogens with zero attached hydrogens (tertiary/aromatic N) is 5. The normalized spacial score (nSPS) is 15.6. The lowest BCUT2D eigenvalue weighted by atomic mass is 10.1. The van der Waals surface area contributed by atoms with Crippen molar-refractivity contribution in [3.63, 3.8) is 0 Å². The molecule has 0 spiro atoms. The number of sulfonamides is 1. The summed E-state index contributed by atoms with van der Waals surface area (Å²) in [6, 6.07) is 7.25. The first kappa shape index (κ1) is 19.3. The van der Waals surface area contributed by atoms with E-state index in [1.165, 1.54) is 4.31 Å². The van der Waals surface area contributed by atoms with Crippen LogP contribution in [0, 0.1) is 13.8 Å². The standard InChI is InChI=1S/C19H21N5O4S/c1-14-18(15(2)28-21-14)29(26,27)24-11-9-22(10-12-24)19(25)16-3-5-17(6-4-16)23-8-7-20-13-23/h3-8,13H,9-12H2,1-2H3.